The van der Waals surface area contributed by atoms with Crippen molar-refractivity contribution in [1.29, 1.82) is 0 Å². The van der Waals surface area contributed by atoms with Crippen LogP contribution in [0.25, 0.3) is 0 Å². The summed E-state index contributed by atoms with van der Waals surface area (Å²) in [4.78, 5) is 0. The van der Waals surface area contributed by atoms with Crippen LogP contribution in [-0.4, -0.2) is 24.3 Å². The topological polar surface area (TPSA) is 32.3 Å². The van der Waals surface area contributed by atoms with E-state index in [0.29, 0.717) is 5.92 Å². The third kappa shape index (κ3) is 2.35. The standard InChI is InChI=1S/C11H14BrNO/c12-10-3-1-8(2-4-10)5-9-6-13-7-11(9)14/h1-4,9,11,13-14H,5-7H2. The molecule has 2 rings (SSSR count). The second-order valence-corrected chi connectivity index (χ2v) is 4.73. The molecule has 0 saturated carbocycles. The van der Waals surface area contributed by atoms with Crippen LogP contribution < -0.4 is 5.32 Å². The molecule has 0 radical (unpaired) electrons. The minimum Gasteiger partial charge on any atom is -0.391 e. The second-order valence-electron chi connectivity index (χ2n) is 3.82. The van der Waals surface area contributed by atoms with Gasteiger partial charge in [0, 0.05) is 23.5 Å². The highest BCUT2D eigenvalue weighted by molar-refractivity contribution is 9.10. The van der Waals surface area contributed by atoms with Crippen LogP contribution in [0.1, 0.15) is 5.56 Å². The molecule has 76 valence electrons. The summed E-state index contributed by atoms with van der Waals surface area (Å²) in [7, 11) is 0. The lowest BCUT2D eigenvalue weighted by Gasteiger charge is -2.12. The molecule has 0 bridgehead atoms. The minimum atomic E-state index is -0.182. The number of aliphatic hydroxyl groups is 1. The van der Waals surface area contributed by atoms with E-state index in [9.17, 15) is 5.11 Å². The maximum atomic E-state index is 9.63. The molecule has 2 atom stereocenters. The van der Waals surface area contributed by atoms with Crippen molar-refractivity contribution in [2.75, 3.05) is 13.1 Å². The molecule has 1 saturated heterocycles. The first-order valence-electron chi connectivity index (χ1n) is 4.89. The van der Waals surface area contributed by atoms with Gasteiger partial charge in [-0.3, -0.25) is 0 Å². The van der Waals surface area contributed by atoms with Crippen molar-refractivity contribution in [2.24, 2.45) is 5.92 Å². The van der Waals surface area contributed by atoms with E-state index in [1.165, 1.54) is 5.56 Å². The number of halogens is 1. The summed E-state index contributed by atoms with van der Waals surface area (Å²) < 4.78 is 1.10. The Bertz CT molecular complexity index is 299. The summed E-state index contributed by atoms with van der Waals surface area (Å²) in [6, 6.07) is 8.30. The molecule has 2 nitrogen and oxygen atoms in total. The molecule has 0 spiro atoms. The zero-order valence-corrected chi connectivity index (χ0v) is 9.50. The van der Waals surface area contributed by atoms with Crippen LogP contribution in [0.3, 0.4) is 0 Å². The van der Waals surface area contributed by atoms with E-state index in [2.05, 4.69) is 33.4 Å². The Morgan fingerprint density at radius 1 is 1.29 bits per heavy atom. The normalized spacial score (nSPS) is 26.7. The van der Waals surface area contributed by atoms with Crippen molar-refractivity contribution in [3.63, 3.8) is 0 Å². The van der Waals surface area contributed by atoms with E-state index in [1.54, 1.807) is 0 Å². The van der Waals surface area contributed by atoms with Crippen LogP contribution >= 0.6 is 15.9 Å². The average Bonchev–Trinajstić information content (AvgIpc) is 2.56. The van der Waals surface area contributed by atoms with Crippen LogP contribution in [0.4, 0.5) is 0 Å². The van der Waals surface area contributed by atoms with E-state index in [0.717, 1.165) is 24.0 Å². The molecule has 1 aliphatic heterocycles. The Balaban J connectivity index is 2.00. The quantitative estimate of drug-likeness (QED) is 0.841. The number of rotatable bonds is 2. The molecule has 0 aromatic heterocycles. The number of hydrogen-bond donors (Lipinski definition) is 2. The van der Waals surface area contributed by atoms with Crippen molar-refractivity contribution in [1.82, 2.24) is 5.32 Å². The van der Waals surface area contributed by atoms with Gasteiger partial charge in [-0.2, -0.15) is 0 Å². The molecule has 1 heterocycles. The summed E-state index contributed by atoms with van der Waals surface area (Å²) in [6.07, 6.45) is 0.778. The van der Waals surface area contributed by atoms with E-state index in [1.807, 2.05) is 12.1 Å². The minimum absolute atomic E-state index is 0.182. The molecule has 2 N–H and O–H groups in total. The fourth-order valence-electron chi connectivity index (χ4n) is 1.85. The lowest BCUT2D eigenvalue weighted by molar-refractivity contribution is 0.147. The summed E-state index contributed by atoms with van der Waals surface area (Å²) in [5, 5.41) is 12.8. The fraction of sp³-hybridized carbons (Fsp3) is 0.455. The van der Waals surface area contributed by atoms with E-state index in [-0.39, 0.29) is 6.10 Å². The molecular formula is C11H14BrNO. The zero-order valence-electron chi connectivity index (χ0n) is 7.91. The maximum Gasteiger partial charge on any atom is 0.0708 e. The van der Waals surface area contributed by atoms with Crippen LogP contribution in [0.5, 0.6) is 0 Å². The Morgan fingerprint density at radius 3 is 2.57 bits per heavy atom. The molecule has 0 aliphatic carbocycles. The van der Waals surface area contributed by atoms with Gasteiger partial charge >= 0.3 is 0 Å². The Kier molecular flexibility index (Phi) is 3.21. The summed E-state index contributed by atoms with van der Waals surface area (Å²) in [5.74, 6) is 0.371. The molecule has 1 aromatic carbocycles. The SMILES string of the molecule is OC1CNCC1Cc1ccc(Br)cc1. The van der Waals surface area contributed by atoms with Crippen LogP contribution in [-0.2, 0) is 6.42 Å². The van der Waals surface area contributed by atoms with Gasteiger partial charge in [0.1, 0.15) is 0 Å². The van der Waals surface area contributed by atoms with Gasteiger partial charge in [0.05, 0.1) is 6.10 Å². The molecule has 3 heteroatoms. The number of benzene rings is 1. The predicted octanol–water partition coefficient (Wildman–Crippen LogP) is 1.57. The first-order valence-corrected chi connectivity index (χ1v) is 5.68. The maximum absolute atomic E-state index is 9.63. The highest BCUT2D eigenvalue weighted by Gasteiger charge is 2.24. The van der Waals surface area contributed by atoms with Crippen LogP contribution in [0, 0.1) is 5.92 Å². The number of nitrogens with one attached hydrogen (secondary N) is 1. The summed E-state index contributed by atoms with van der Waals surface area (Å²) in [6.45, 7) is 1.67. The Hall–Kier alpha value is -0.380. The van der Waals surface area contributed by atoms with Gasteiger partial charge in [-0.25, -0.2) is 0 Å². The van der Waals surface area contributed by atoms with Gasteiger partial charge in [0.25, 0.3) is 0 Å². The van der Waals surface area contributed by atoms with Crippen molar-refractivity contribution in [3.05, 3.63) is 34.3 Å². The number of β-amino-alcohol motifs (C(OH)–C–C–N with tert-alkyl or cyclic N) is 1. The smallest absolute Gasteiger partial charge is 0.0708 e. The lowest BCUT2D eigenvalue weighted by atomic mass is 9.97. The van der Waals surface area contributed by atoms with E-state index in [4.69, 9.17) is 0 Å². The molecule has 2 unspecified atom stereocenters. The molecule has 1 fully saturated rings. The molecule has 0 amide bonds. The number of aliphatic hydroxyl groups excluding tert-OH is 1. The molecule has 14 heavy (non-hydrogen) atoms. The highest BCUT2D eigenvalue weighted by Crippen LogP contribution is 2.17. The lowest BCUT2D eigenvalue weighted by Crippen LogP contribution is -2.19. The van der Waals surface area contributed by atoms with Gasteiger partial charge in [0.15, 0.2) is 0 Å². The second kappa shape index (κ2) is 4.43. The van der Waals surface area contributed by atoms with E-state index >= 15 is 0 Å². The third-order valence-electron chi connectivity index (χ3n) is 2.72. The largest absolute Gasteiger partial charge is 0.391 e. The zero-order chi connectivity index (χ0) is 9.97. The van der Waals surface area contributed by atoms with Crippen LogP contribution in [0.15, 0.2) is 28.7 Å². The van der Waals surface area contributed by atoms with Crippen molar-refractivity contribution < 1.29 is 5.11 Å². The monoisotopic (exact) mass is 255 g/mol. The third-order valence-corrected chi connectivity index (χ3v) is 3.24. The van der Waals surface area contributed by atoms with E-state index < -0.39 is 0 Å². The van der Waals surface area contributed by atoms with Gasteiger partial charge < -0.3 is 10.4 Å². The predicted molar refractivity (Wildman–Crippen MR) is 60.2 cm³/mol. The molecular weight excluding hydrogens is 242 g/mol. The van der Waals surface area contributed by atoms with Gasteiger partial charge in [0.2, 0.25) is 0 Å². The van der Waals surface area contributed by atoms with Crippen molar-refractivity contribution >= 4 is 15.9 Å². The first-order chi connectivity index (χ1) is 6.75. The van der Waals surface area contributed by atoms with Gasteiger partial charge in [-0.05, 0) is 24.1 Å². The van der Waals surface area contributed by atoms with Gasteiger partial charge in [-0.1, -0.05) is 28.1 Å². The van der Waals surface area contributed by atoms with Crippen molar-refractivity contribution in [2.45, 2.75) is 12.5 Å². The first kappa shape index (κ1) is 10.1. The summed E-state index contributed by atoms with van der Waals surface area (Å²) in [5.41, 5.74) is 1.29. The van der Waals surface area contributed by atoms with Crippen molar-refractivity contribution in [3.8, 4) is 0 Å². The Morgan fingerprint density at radius 2 is 2.00 bits per heavy atom. The van der Waals surface area contributed by atoms with Gasteiger partial charge in [-0.15, -0.1) is 0 Å². The fourth-order valence-corrected chi connectivity index (χ4v) is 2.12. The van der Waals surface area contributed by atoms with Crippen LogP contribution in [0.2, 0.25) is 0 Å². The summed E-state index contributed by atoms with van der Waals surface area (Å²) >= 11 is 3.41. The molecule has 1 aliphatic rings. The highest BCUT2D eigenvalue weighted by atomic mass is 79.9. The Labute approximate surface area is 92.5 Å². The average molecular weight is 256 g/mol. The number of hydrogen-bond acceptors (Lipinski definition) is 2. The molecule has 1 aromatic rings.